The second kappa shape index (κ2) is 6.12. The lowest BCUT2D eigenvalue weighted by Gasteiger charge is -2.08. The third kappa shape index (κ3) is 3.55. The molecule has 0 aliphatic carbocycles. The van der Waals surface area contributed by atoms with E-state index in [0.29, 0.717) is 24.2 Å². The number of rotatable bonds is 5. The van der Waals surface area contributed by atoms with Crippen molar-refractivity contribution in [1.82, 2.24) is 5.32 Å². The number of aliphatic hydroxyl groups is 1. The van der Waals surface area contributed by atoms with Crippen LogP contribution >= 0.6 is 0 Å². The van der Waals surface area contributed by atoms with Crippen LogP contribution in [0.5, 0.6) is 0 Å². The predicted octanol–water partition coefficient (Wildman–Crippen LogP) is 1.08. The van der Waals surface area contributed by atoms with Gasteiger partial charge in [0.2, 0.25) is 0 Å². The fraction of sp³-hybridized carbons (Fsp3) is 0.417. The summed E-state index contributed by atoms with van der Waals surface area (Å²) < 4.78 is 0. The summed E-state index contributed by atoms with van der Waals surface area (Å²) in [4.78, 5) is 11.8. The molecule has 4 nitrogen and oxygen atoms in total. The fourth-order valence-electron chi connectivity index (χ4n) is 1.42. The molecule has 0 aliphatic heterocycles. The number of nitrogens with one attached hydrogen (secondary N) is 1. The monoisotopic (exact) mass is 222 g/mol. The third-order valence-corrected chi connectivity index (χ3v) is 2.38. The Kier molecular flexibility index (Phi) is 4.79. The molecule has 1 amide bonds. The number of benzene rings is 1. The zero-order chi connectivity index (χ0) is 12.0. The molecule has 0 bridgehead atoms. The van der Waals surface area contributed by atoms with Crippen LogP contribution in [0.4, 0.5) is 5.69 Å². The van der Waals surface area contributed by atoms with Crippen LogP contribution in [0.1, 0.15) is 28.8 Å². The lowest BCUT2D eigenvalue weighted by atomic mass is 10.1. The van der Waals surface area contributed by atoms with Gasteiger partial charge in [0.1, 0.15) is 0 Å². The highest BCUT2D eigenvalue weighted by atomic mass is 16.2. The fourth-order valence-corrected chi connectivity index (χ4v) is 1.42. The molecule has 0 radical (unpaired) electrons. The lowest BCUT2D eigenvalue weighted by molar-refractivity contribution is 0.0951. The Labute approximate surface area is 95.5 Å². The molecule has 0 spiro atoms. The molecule has 0 saturated carbocycles. The zero-order valence-electron chi connectivity index (χ0n) is 9.49. The zero-order valence-corrected chi connectivity index (χ0v) is 9.49. The molecule has 4 heteroatoms. The average Bonchev–Trinajstić information content (AvgIpc) is 2.27. The minimum atomic E-state index is -0.109. The summed E-state index contributed by atoms with van der Waals surface area (Å²) in [5.41, 5.74) is 7.74. The number of carbonyl (C=O) groups excluding carboxylic acids is 1. The number of hydrogen-bond donors (Lipinski definition) is 3. The van der Waals surface area contributed by atoms with E-state index in [9.17, 15) is 4.79 Å². The van der Waals surface area contributed by atoms with Gasteiger partial charge in [-0.2, -0.15) is 0 Å². The Morgan fingerprint density at radius 3 is 2.88 bits per heavy atom. The van der Waals surface area contributed by atoms with E-state index in [2.05, 4.69) is 5.32 Å². The summed E-state index contributed by atoms with van der Waals surface area (Å²) in [6.45, 7) is 2.61. The van der Waals surface area contributed by atoms with Gasteiger partial charge < -0.3 is 16.2 Å². The van der Waals surface area contributed by atoms with Crippen LogP contribution in [-0.4, -0.2) is 24.2 Å². The number of unbranched alkanes of at least 4 members (excludes halogenated alkanes) is 1. The average molecular weight is 222 g/mol. The number of nitrogen functional groups attached to an aromatic ring is 1. The summed E-state index contributed by atoms with van der Waals surface area (Å²) >= 11 is 0. The van der Waals surface area contributed by atoms with Crippen LogP contribution in [0.25, 0.3) is 0 Å². The van der Waals surface area contributed by atoms with Crippen LogP contribution in [0.3, 0.4) is 0 Å². The molecule has 88 valence electrons. The van der Waals surface area contributed by atoms with Gasteiger partial charge in [-0.15, -0.1) is 0 Å². The topological polar surface area (TPSA) is 75.4 Å². The van der Waals surface area contributed by atoms with Crippen molar-refractivity contribution in [1.29, 1.82) is 0 Å². The molecule has 16 heavy (non-hydrogen) atoms. The number of aryl methyl sites for hydroxylation is 1. The SMILES string of the molecule is Cc1ccc(N)cc1C(=O)NCCCCO. The predicted molar refractivity (Wildman–Crippen MR) is 64.2 cm³/mol. The first-order chi connectivity index (χ1) is 7.65. The first kappa shape index (κ1) is 12.5. The van der Waals surface area contributed by atoms with Crippen molar-refractivity contribution in [3.8, 4) is 0 Å². The van der Waals surface area contributed by atoms with Crippen LogP contribution in [0.15, 0.2) is 18.2 Å². The van der Waals surface area contributed by atoms with E-state index >= 15 is 0 Å². The van der Waals surface area contributed by atoms with Crippen molar-refractivity contribution in [2.45, 2.75) is 19.8 Å². The minimum absolute atomic E-state index is 0.109. The molecule has 1 rings (SSSR count). The Bertz CT molecular complexity index is 364. The molecule has 0 fully saturated rings. The van der Waals surface area contributed by atoms with E-state index in [0.717, 1.165) is 12.0 Å². The van der Waals surface area contributed by atoms with Gasteiger partial charge in [0, 0.05) is 24.4 Å². The minimum Gasteiger partial charge on any atom is -0.399 e. The maximum atomic E-state index is 11.8. The Morgan fingerprint density at radius 1 is 1.44 bits per heavy atom. The molecule has 1 aromatic carbocycles. The summed E-state index contributed by atoms with van der Waals surface area (Å²) in [5.74, 6) is -0.109. The highest BCUT2D eigenvalue weighted by Crippen LogP contribution is 2.12. The summed E-state index contributed by atoms with van der Waals surface area (Å²) in [7, 11) is 0. The molecule has 0 aromatic heterocycles. The van der Waals surface area contributed by atoms with Crippen molar-refractivity contribution in [2.75, 3.05) is 18.9 Å². The van der Waals surface area contributed by atoms with E-state index < -0.39 is 0 Å². The van der Waals surface area contributed by atoms with E-state index in [1.54, 1.807) is 12.1 Å². The quantitative estimate of drug-likeness (QED) is 0.515. The van der Waals surface area contributed by atoms with Gasteiger partial charge in [0.15, 0.2) is 0 Å². The number of hydrogen-bond acceptors (Lipinski definition) is 3. The lowest BCUT2D eigenvalue weighted by Crippen LogP contribution is -2.25. The van der Waals surface area contributed by atoms with E-state index in [4.69, 9.17) is 10.8 Å². The number of anilines is 1. The van der Waals surface area contributed by atoms with Gasteiger partial charge >= 0.3 is 0 Å². The van der Waals surface area contributed by atoms with Gasteiger partial charge in [-0.05, 0) is 37.5 Å². The number of carbonyl (C=O) groups is 1. The molecule has 0 aliphatic rings. The Hall–Kier alpha value is -1.55. The van der Waals surface area contributed by atoms with Gasteiger partial charge in [0.05, 0.1) is 0 Å². The van der Waals surface area contributed by atoms with E-state index in [-0.39, 0.29) is 12.5 Å². The largest absolute Gasteiger partial charge is 0.399 e. The molecular formula is C12H18N2O2. The van der Waals surface area contributed by atoms with Crippen LogP contribution in [-0.2, 0) is 0 Å². The van der Waals surface area contributed by atoms with Crippen molar-refractivity contribution in [3.63, 3.8) is 0 Å². The summed E-state index contributed by atoms with van der Waals surface area (Å²) in [6, 6.07) is 5.28. The van der Waals surface area contributed by atoms with Crippen LogP contribution in [0.2, 0.25) is 0 Å². The van der Waals surface area contributed by atoms with Crippen molar-refractivity contribution in [3.05, 3.63) is 29.3 Å². The molecule has 0 atom stereocenters. The molecule has 4 N–H and O–H groups in total. The van der Waals surface area contributed by atoms with Crippen LogP contribution < -0.4 is 11.1 Å². The van der Waals surface area contributed by atoms with Crippen molar-refractivity contribution < 1.29 is 9.90 Å². The third-order valence-electron chi connectivity index (χ3n) is 2.38. The van der Waals surface area contributed by atoms with Crippen molar-refractivity contribution in [2.24, 2.45) is 0 Å². The second-order valence-electron chi connectivity index (χ2n) is 3.76. The molecular weight excluding hydrogens is 204 g/mol. The Morgan fingerprint density at radius 2 is 2.19 bits per heavy atom. The van der Waals surface area contributed by atoms with Gasteiger partial charge in [0.25, 0.3) is 5.91 Å². The highest BCUT2D eigenvalue weighted by molar-refractivity contribution is 5.96. The van der Waals surface area contributed by atoms with Gasteiger partial charge in [-0.1, -0.05) is 6.07 Å². The van der Waals surface area contributed by atoms with Crippen LogP contribution in [0, 0.1) is 6.92 Å². The maximum Gasteiger partial charge on any atom is 0.251 e. The molecule has 0 heterocycles. The Balaban J connectivity index is 2.55. The van der Waals surface area contributed by atoms with E-state index in [1.807, 2.05) is 13.0 Å². The smallest absolute Gasteiger partial charge is 0.251 e. The molecule has 0 unspecified atom stereocenters. The maximum absolute atomic E-state index is 11.8. The molecule has 0 saturated heterocycles. The summed E-state index contributed by atoms with van der Waals surface area (Å²) in [5, 5.41) is 11.4. The van der Waals surface area contributed by atoms with Crippen molar-refractivity contribution >= 4 is 11.6 Å². The number of amides is 1. The van der Waals surface area contributed by atoms with E-state index in [1.165, 1.54) is 0 Å². The first-order valence-corrected chi connectivity index (χ1v) is 5.40. The van der Waals surface area contributed by atoms with Gasteiger partial charge in [-0.3, -0.25) is 4.79 Å². The van der Waals surface area contributed by atoms with Gasteiger partial charge in [-0.25, -0.2) is 0 Å². The summed E-state index contributed by atoms with van der Waals surface area (Å²) in [6.07, 6.45) is 1.49. The number of nitrogens with two attached hydrogens (primary N) is 1. The standard InChI is InChI=1S/C12H18N2O2/c1-9-4-5-10(13)8-11(9)12(16)14-6-2-3-7-15/h4-5,8,15H,2-3,6-7,13H2,1H3,(H,14,16). The molecule has 1 aromatic rings. The number of aliphatic hydroxyl groups excluding tert-OH is 1. The second-order valence-corrected chi connectivity index (χ2v) is 3.76. The first-order valence-electron chi connectivity index (χ1n) is 5.40. The normalized spacial score (nSPS) is 10.1. The highest BCUT2D eigenvalue weighted by Gasteiger charge is 2.08.